The minimum absolute atomic E-state index is 0.758. The van der Waals surface area contributed by atoms with Crippen LogP contribution >= 0.6 is 0 Å². The average Bonchev–Trinajstić information content (AvgIpc) is 2.57. The molecule has 1 N–H and O–H groups in total. The highest BCUT2D eigenvalue weighted by atomic mass is 28.5. The van der Waals surface area contributed by atoms with Crippen molar-refractivity contribution in [3.05, 3.63) is 60.7 Å². The van der Waals surface area contributed by atoms with Gasteiger partial charge in [0, 0.05) is 0 Å². The largest absolute Gasteiger partial charge is 0.343 e. The van der Waals surface area contributed by atoms with Crippen LogP contribution in [-0.4, -0.2) is 52.3 Å². The highest BCUT2D eigenvalue weighted by molar-refractivity contribution is 7.12. The van der Waals surface area contributed by atoms with Crippen LogP contribution in [-0.2, 0) is 0 Å². The van der Waals surface area contributed by atoms with Gasteiger partial charge in [0.05, 0.1) is 0 Å². The van der Waals surface area contributed by atoms with Gasteiger partial charge >= 0.3 is 0 Å². The average molecular weight is 428 g/mol. The number of benzene rings is 2. The van der Waals surface area contributed by atoms with Crippen LogP contribution < -0.4 is 15.0 Å². The van der Waals surface area contributed by atoms with E-state index in [1.54, 1.807) is 0 Å². The van der Waals surface area contributed by atoms with E-state index in [2.05, 4.69) is 112 Å². The lowest BCUT2D eigenvalue weighted by molar-refractivity contribution is 0.741. The first kappa shape index (κ1) is 20.1. The molecule has 0 amide bonds. The predicted molar refractivity (Wildman–Crippen MR) is 123 cm³/mol. The Morgan fingerprint density at radius 1 is 0.615 bits per heavy atom. The fraction of sp³-hybridized carbons (Fsp3) is 0.333. The normalized spacial score (nSPS) is 22.2. The Morgan fingerprint density at radius 2 is 0.962 bits per heavy atom. The lowest BCUT2D eigenvalue weighted by Crippen LogP contribution is -2.90. The first-order chi connectivity index (χ1) is 12.1. The first-order valence-corrected chi connectivity index (χ1v) is 19.8. The monoisotopic (exact) mass is 427 g/mol. The van der Waals surface area contributed by atoms with Crippen LogP contribution in [0.2, 0.25) is 39.3 Å². The third kappa shape index (κ3) is 4.12. The summed E-state index contributed by atoms with van der Waals surface area (Å²) in [7, 11) is -3.52. The summed E-state index contributed by atoms with van der Waals surface area (Å²) in [4.78, 5) is 0. The van der Waals surface area contributed by atoms with E-state index in [9.17, 15) is 0 Å². The summed E-state index contributed by atoms with van der Waals surface area (Å²) in [6, 6.07) is 22.1. The zero-order valence-electron chi connectivity index (χ0n) is 16.7. The number of hydrogen-bond acceptors (Lipinski definition) is 3. The molecule has 1 saturated heterocycles. The van der Waals surface area contributed by atoms with E-state index in [1.807, 2.05) is 0 Å². The number of nitrogens with one attached hydrogen (secondary N) is 1. The molecule has 0 aliphatic carbocycles. The molecule has 1 fully saturated rings. The fourth-order valence-corrected chi connectivity index (χ4v) is 33.8. The van der Waals surface area contributed by atoms with Crippen LogP contribution in [0.3, 0.4) is 0 Å². The van der Waals surface area contributed by atoms with E-state index in [1.165, 1.54) is 10.4 Å². The van der Waals surface area contributed by atoms with Crippen molar-refractivity contribution in [3.63, 3.8) is 0 Å². The molecule has 1 aliphatic heterocycles. The SMILES string of the molecule is C[Si]1(C)N[Si](C)(C)N([Si]c2ccccc2)[Si](C)(C)N1[Si]c1ccccc1. The van der Waals surface area contributed by atoms with Crippen molar-refractivity contribution < 1.29 is 0 Å². The third-order valence-corrected chi connectivity index (χ3v) is 30.4. The highest BCUT2D eigenvalue weighted by Crippen LogP contribution is 2.30. The van der Waals surface area contributed by atoms with Crippen molar-refractivity contribution in [3.8, 4) is 0 Å². The molecule has 1 aliphatic rings. The Labute approximate surface area is 167 Å². The molecule has 0 bridgehead atoms. The third-order valence-electron chi connectivity index (χ3n) is 4.85. The molecular formula is C18H29N3Si5. The predicted octanol–water partition coefficient (Wildman–Crippen LogP) is 2.19. The van der Waals surface area contributed by atoms with E-state index in [0.717, 1.165) is 19.4 Å². The molecule has 3 rings (SSSR count). The summed E-state index contributed by atoms with van der Waals surface area (Å²) in [6.07, 6.45) is 0. The maximum atomic E-state index is 4.21. The van der Waals surface area contributed by atoms with Crippen LogP contribution in [0.25, 0.3) is 0 Å². The van der Waals surface area contributed by atoms with Gasteiger partial charge in [-0.25, -0.2) is 0 Å². The Morgan fingerprint density at radius 3 is 1.31 bits per heavy atom. The molecule has 0 atom stereocenters. The van der Waals surface area contributed by atoms with Gasteiger partial charge in [-0.15, -0.1) is 0 Å². The van der Waals surface area contributed by atoms with Crippen molar-refractivity contribution in [1.29, 1.82) is 0 Å². The van der Waals surface area contributed by atoms with Gasteiger partial charge < -0.3 is 12.4 Å². The number of nitrogens with zero attached hydrogens (tertiary/aromatic N) is 2. The summed E-state index contributed by atoms with van der Waals surface area (Å²) in [5.41, 5.74) is 0. The van der Waals surface area contributed by atoms with E-state index >= 15 is 0 Å². The summed E-state index contributed by atoms with van der Waals surface area (Å²) in [5, 5.41) is 2.92. The molecule has 0 aromatic heterocycles. The summed E-state index contributed by atoms with van der Waals surface area (Å²) < 4.78 is 10.0. The molecule has 8 heteroatoms. The van der Waals surface area contributed by atoms with Crippen molar-refractivity contribution >= 4 is 54.9 Å². The second-order valence-electron chi connectivity index (χ2n) is 8.36. The van der Waals surface area contributed by atoms with E-state index in [4.69, 9.17) is 0 Å². The van der Waals surface area contributed by atoms with Crippen LogP contribution in [0, 0.1) is 0 Å². The second kappa shape index (κ2) is 7.43. The van der Waals surface area contributed by atoms with Crippen LogP contribution in [0.15, 0.2) is 60.7 Å². The Balaban J connectivity index is 1.96. The molecular weight excluding hydrogens is 399 g/mol. The van der Waals surface area contributed by atoms with Gasteiger partial charge in [-0.2, -0.15) is 0 Å². The summed E-state index contributed by atoms with van der Waals surface area (Å²) in [5.74, 6) is 0. The molecule has 1 heterocycles. The van der Waals surface area contributed by atoms with Crippen molar-refractivity contribution in [2.75, 3.05) is 0 Å². The van der Waals surface area contributed by atoms with Gasteiger partial charge in [0.25, 0.3) is 0 Å². The molecule has 0 unspecified atom stereocenters. The van der Waals surface area contributed by atoms with Gasteiger partial charge in [0.15, 0.2) is 44.6 Å². The van der Waals surface area contributed by atoms with Gasteiger partial charge in [-0.05, 0) is 49.7 Å². The first-order valence-electron chi connectivity index (χ1n) is 9.16. The van der Waals surface area contributed by atoms with Crippen LogP contribution in [0.5, 0.6) is 0 Å². The number of rotatable bonds is 4. The highest BCUT2D eigenvalue weighted by Gasteiger charge is 2.56. The smallest absolute Gasteiger partial charge is 0.179 e. The van der Waals surface area contributed by atoms with Gasteiger partial charge in [-0.1, -0.05) is 60.7 Å². The molecule has 0 saturated carbocycles. The van der Waals surface area contributed by atoms with E-state index < -0.39 is 25.2 Å². The summed E-state index contributed by atoms with van der Waals surface area (Å²) >= 11 is 0. The zero-order chi connectivity index (χ0) is 19.0. The van der Waals surface area contributed by atoms with Gasteiger partial charge in [-0.3, -0.25) is 0 Å². The Bertz CT molecular complexity index is 676. The Kier molecular flexibility index (Phi) is 5.76. The topological polar surface area (TPSA) is 18.5 Å². The standard InChI is InChI=1S/C18H29N3Si5/c1-24(2)19-25(3,4)21(23-18-15-11-8-12-16-18)26(5,6)20(24)22-17-13-9-7-10-14-17/h7-16,19H,1-6H3. The van der Waals surface area contributed by atoms with Crippen LogP contribution in [0.1, 0.15) is 0 Å². The van der Waals surface area contributed by atoms with Gasteiger partial charge in [0.2, 0.25) is 0 Å². The fourth-order valence-electron chi connectivity index (χ4n) is 4.17. The molecule has 3 nitrogen and oxygen atoms in total. The Hall–Kier alpha value is -0.596. The maximum absolute atomic E-state index is 4.21. The maximum Gasteiger partial charge on any atom is 0.179 e. The molecule has 26 heavy (non-hydrogen) atoms. The van der Waals surface area contributed by atoms with Crippen molar-refractivity contribution in [2.45, 2.75) is 39.3 Å². The molecule has 4 radical (unpaired) electrons. The second-order valence-corrected chi connectivity index (χ2v) is 25.6. The molecule has 2 aromatic carbocycles. The van der Waals surface area contributed by atoms with Gasteiger partial charge in [0.1, 0.15) is 0 Å². The molecule has 136 valence electrons. The summed E-state index contributed by atoms with van der Waals surface area (Å²) in [6.45, 7) is 15.2. The minimum atomic E-state index is -1.73. The zero-order valence-corrected chi connectivity index (χ0v) is 21.7. The lowest BCUT2D eigenvalue weighted by atomic mass is 10.4. The van der Waals surface area contributed by atoms with Crippen molar-refractivity contribution in [2.24, 2.45) is 0 Å². The van der Waals surface area contributed by atoms with Crippen molar-refractivity contribution in [1.82, 2.24) is 12.4 Å². The number of hydrogen-bond donors (Lipinski definition) is 1. The lowest BCUT2D eigenvalue weighted by Gasteiger charge is -2.63. The quantitative estimate of drug-likeness (QED) is 0.755. The molecule has 2 aromatic rings. The van der Waals surface area contributed by atoms with E-state index in [0.29, 0.717) is 0 Å². The minimum Gasteiger partial charge on any atom is -0.343 e. The van der Waals surface area contributed by atoms with Crippen LogP contribution in [0.4, 0.5) is 0 Å². The molecule has 0 spiro atoms. The van der Waals surface area contributed by atoms with E-state index in [-0.39, 0.29) is 0 Å².